The summed E-state index contributed by atoms with van der Waals surface area (Å²) in [5, 5.41) is 3.42. The van der Waals surface area contributed by atoms with Gasteiger partial charge in [-0.15, -0.1) is 0 Å². The Morgan fingerprint density at radius 2 is 1.77 bits per heavy atom. The average Bonchev–Trinajstić information content (AvgIpc) is 2.21. The summed E-state index contributed by atoms with van der Waals surface area (Å²) >= 11 is 0. The number of rotatable bonds is 5. The van der Waals surface area contributed by atoms with Gasteiger partial charge in [0.2, 0.25) is 0 Å². The number of hydrogen-bond acceptors (Lipinski definition) is 2. The van der Waals surface area contributed by atoms with E-state index in [0.717, 1.165) is 5.92 Å². The number of nitrogens with one attached hydrogen (secondary N) is 1. The van der Waals surface area contributed by atoms with Crippen LogP contribution in [0.4, 0.5) is 0 Å². The maximum atomic E-state index is 3.42. The first kappa shape index (κ1) is 11.0. The molecule has 1 aliphatic rings. The molecule has 1 rings (SSSR count). The Labute approximate surface area is 82.7 Å². The minimum absolute atomic E-state index is 0.988. The molecule has 0 aromatic heterocycles. The molecule has 0 saturated carbocycles. The van der Waals surface area contributed by atoms with Gasteiger partial charge in [0, 0.05) is 0 Å². The van der Waals surface area contributed by atoms with E-state index in [1.54, 1.807) is 0 Å². The number of piperidine rings is 1. The van der Waals surface area contributed by atoms with Gasteiger partial charge in [-0.2, -0.15) is 0 Å². The monoisotopic (exact) mass is 184 g/mol. The lowest BCUT2D eigenvalue weighted by Crippen LogP contribution is -2.31. The molecule has 0 spiro atoms. The molecular formula is C11H24N2. The van der Waals surface area contributed by atoms with E-state index in [2.05, 4.69) is 24.1 Å². The van der Waals surface area contributed by atoms with Gasteiger partial charge >= 0.3 is 0 Å². The van der Waals surface area contributed by atoms with Crippen LogP contribution in [0.25, 0.3) is 0 Å². The first-order valence-electron chi connectivity index (χ1n) is 5.79. The first-order chi connectivity index (χ1) is 6.36. The molecule has 1 N–H and O–H groups in total. The van der Waals surface area contributed by atoms with Crippen molar-refractivity contribution in [1.82, 2.24) is 10.2 Å². The Hall–Kier alpha value is -0.0800. The molecule has 2 heteroatoms. The summed E-state index contributed by atoms with van der Waals surface area (Å²) in [7, 11) is 0. The molecule has 1 fully saturated rings. The van der Waals surface area contributed by atoms with Crippen molar-refractivity contribution in [3.05, 3.63) is 0 Å². The Morgan fingerprint density at radius 1 is 1.15 bits per heavy atom. The maximum Gasteiger partial charge on any atom is -0.00163 e. The molecule has 1 heterocycles. The van der Waals surface area contributed by atoms with Crippen LogP contribution in [-0.4, -0.2) is 37.6 Å². The van der Waals surface area contributed by atoms with Crippen LogP contribution in [0.2, 0.25) is 0 Å². The van der Waals surface area contributed by atoms with Gasteiger partial charge in [0.25, 0.3) is 0 Å². The fourth-order valence-electron chi connectivity index (χ4n) is 2.08. The molecule has 13 heavy (non-hydrogen) atoms. The summed E-state index contributed by atoms with van der Waals surface area (Å²) in [5.74, 6) is 0.988. The van der Waals surface area contributed by atoms with E-state index in [1.807, 2.05) is 0 Å². The molecule has 0 amide bonds. The third-order valence-corrected chi connectivity index (χ3v) is 3.21. The predicted molar refractivity (Wildman–Crippen MR) is 58.0 cm³/mol. The molecule has 1 aliphatic heterocycles. The number of hydrogen-bond donors (Lipinski definition) is 1. The van der Waals surface area contributed by atoms with E-state index in [-0.39, 0.29) is 0 Å². The van der Waals surface area contributed by atoms with Crippen LogP contribution in [-0.2, 0) is 0 Å². The molecule has 0 aliphatic carbocycles. The SMILES string of the molecule is CCN(CC)CCC1CCNCC1. The summed E-state index contributed by atoms with van der Waals surface area (Å²) < 4.78 is 0. The lowest BCUT2D eigenvalue weighted by Gasteiger charge is -2.25. The summed E-state index contributed by atoms with van der Waals surface area (Å²) in [5.41, 5.74) is 0. The molecular weight excluding hydrogens is 160 g/mol. The standard InChI is InChI=1S/C11H24N2/c1-3-13(4-2)10-7-11-5-8-12-9-6-11/h11-12H,3-10H2,1-2H3. The zero-order valence-corrected chi connectivity index (χ0v) is 9.18. The highest BCUT2D eigenvalue weighted by atomic mass is 15.1. The Morgan fingerprint density at radius 3 is 2.31 bits per heavy atom. The van der Waals surface area contributed by atoms with Gasteiger partial charge in [-0.1, -0.05) is 13.8 Å². The van der Waals surface area contributed by atoms with Crippen LogP contribution in [0.3, 0.4) is 0 Å². The summed E-state index contributed by atoms with van der Waals surface area (Å²) in [4.78, 5) is 2.53. The van der Waals surface area contributed by atoms with Crippen molar-refractivity contribution >= 4 is 0 Å². The Bertz CT molecular complexity index is 115. The van der Waals surface area contributed by atoms with Crippen LogP contribution in [0.15, 0.2) is 0 Å². The van der Waals surface area contributed by atoms with E-state index >= 15 is 0 Å². The van der Waals surface area contributed by atoms with Gasteiger partial charge in [0.1, 0.15) is 0 Å². The quantitative estimate of drug-likeness (QED) is 0.700. The molecule has 0 radical (unpaired) electrons. The number of nitrogens with zero attached hydrogens (tertiary/aromatic N) is 1. The highest BCUT2D eigenvalue weighted by Crippen LogP contribution is 2.15. The second-order valence-corrected chi connectivity index (χ2v) is 4.01. The highest BCUT2D eigenvalue weighted by molar-refractivity contribution is 4.69. The molecule has 2 nitrogen and oxygen atoms in total. The zero-order chi connectivity index (χ0) is 9.52. The molecule has 78 valence electrons. The fraction of sp³-hybridized carbons (Fsp3) is 1.00. The zero-order valence-electron chi connectivity index (χ0n) is 9.18. The fourth-order valence-corrected chi connectivity index (χ4v) is 2.08. The summed E-state index contributed by atoms with van der Waals surface area (Å²) in [6.07, 6.45) is 4.19. The highest BCUT2D eigenvalue weighted by Gasteiger charge is 2.13. The van der Waals surface area contributed by atoms with Crippen molar-refractivity contribution < 1.29 is 0 Å². The van der Waals surface area contributed by atoms with Crippen molar-refractivity contribution in [1.29, 1.82) is 0 Å². The summed E-state index contributed by atoms with van der Waals surface area (Å²) in [6, 6.07) is 0. The van der Waals surface area contributed by atoms with E-state index in [9.17, 15) is 0 Å². The topological polar surface area (TPSA) is 15.3 Å². The second-order valence-electron chi connectivity index (χ2n) is 4.01. The van der Waals surface area contributed by atoms with E-state index in [1.165, 1.54) is 52.0 Å². The smallest absolute Gasteiger partial charge is 0.00163 e. The van der Waals surface area contributed by atoms with Gasteiger partial charge in [-0.25, -0.2) is 0 Å². The van der Waals surface area contributed by atoms with Crippen molar-refractivity contribution in [3.63, 3.8) is 0 Å². The molecule has 0 aromatic carbocycles. The van der Waals surface area contributed by atoms with Gasteiger partial charge in [0.15, 0.2) is 0 Å². The minimum Gasteiger partial charge on any atom is -0.317 e. The molecule has 0 aromatic rings. The van der Waals surface area contributed by atoms with Crippen LogP contribution in [0, 0.1) is 5.92 Å². The lowest BCUT2D eigenvalue weighted by molar-refractivity contribution is 0.253. The lowest BCUT2D eigenvalue weighted by atomic mass is 9.94. The summed E-state index contributed by atoms with van der Waals surface area (Å²) in [6.45, 7) is 10.7. The molecule has 1 saturated heterocycles. The maximum absolute atomic E-state index is 3.42. The second kappa shape index (κ2) is 6.39. The van der Waals surface area contributed by atoms with Crippen LogP contribution in [0.5, 0.6) is 0 Å². The van der Waals surface area contributed by atoms with Crippen LogP contribution in [0.1, 0.15) is 33.1 Å². The Balaban J connectivity index is 2.09. The first-order valence-corrected chi connectivity index (χ1v) is 5.79. The van der Waals surface area contributed by atoms with Crippen molar-refractivity contribution in [3.8, 4) is 0 Å². The third-order valence-electron chi connectivity index (χ3n) is 3.21. The average molecular weight is 184 g/mol. The van der Waals surface area contributed by atoms with Crippen molar-refractivity contribution in [2.75, 3.05) is 32.7 Å². The van der Waals surface area contributed by atoms with Gasteiger partial charge in [-0.3, -0.25) is 0 Å². The normalized spacial score (nSPS) is 19.6. The van der Waals surface area contributed by atoms with Crippen molar-refractivity contribution in [2.24, 2.45) is 5.92 Å². The Kier molecular flexibility index (Phi) is 5.40. The van der Waals surface area contributed by atoms with E-state index in [4.69, 9.17) is 0 Å². The molecule has 0 atom stereocenters. The van der Waals surface area contributed by atoms with Crippen LogP contribution < -0.4 is 5.32 Å². The van der Waals surface area contributed by atoms with Gasteiger partial charge < -0.3 is 10.2 Å². The van der Waals surface area contributed by atoms with E-state index in [0.29, 0.717) is 0 Å². The van der Waals surface area contributed by atoms with Crippen LogP contribution >= 0.6 is 0 Å². The van der Waals surface area contributed by atoms with Crippen molar-refractivity contribution in [2.45, 2.75) is 33.1 Å². The minimum atomic E-state index is 0.988. The largest absolute Gasteiger partial charge is 0.317 e. The van der Waals surface area contributed by atoms with Gasteiger partial charge in [0.05, 0.1) is 0 Å². The van der Waals surface area contributed by atoms with E-state index < -0.39 is 0 Å². The molecule has 0 bridgehead atoms. The third kappa shape index (κ3) is 4.10. The predicted octanol–water partition coefficient (Wildman–Crippen LogP) is 1.72. The molecule has 0 unspecified atom stereocenters. The van der Waals surface area contributed by atoms with Gasteiger partial charge in [-0.05, 0) is 57.9 Å².